The van der Waals surface area contributed by atoms with Gasteiger partial charge in [0, 0.05) is 18.0 Å². The summed E-state index contributed by atoms with van der Waals surface area (Å²) in [5, 5.41) is 3.28. The van der Waals surface area contributed by atoms with Crippen LogP contribution in [0.5, 0.6) is 0 Å². The molecule has 0 saturated carbocycles. The number of hydrogen-bond donors (Lipinski definition) is 2. The topological polar surface area (TPSA) is 50.9 Å². The van der Waals surface area contributed by atoms with Gasteiger partial charge in [-0.05, 0) is 24.6 Å². The molecule has 94 valence electrons. The Morgan fingerprint density at radius 3 is 2.39 bits per heavy atom. The lowest BCUT2D eigenvalue weighted by Crippen LogP contribution is -1.98. The van der Waals surface area contributed by atoms with Gasteiger partial charge in [0.1, 0.15) is 11.6 Å². The molecule has 0 bridgehead atoms. The SMILES string of the molecule is Cc1cnc(Nc2c(Cl)cc(F)cc2Cl)cc1N. The summed E-state index contributed by atoms with van der Waals surface area (Å²) in [6, 6.07) is 4.01. The standard InChI is InChI=1S/C12H10Cl2FN3/c1-6-5-17-11(4-10(6)16)18-12-8(13)2-7(15)3-9(12)14/h2-5H,1H3,(H3,16,17,18). The van der Waals surface area contributed by atoms with Gasteiger partial charge < -0.3 is 11.1 Å². The highest BCUT2D eigenvalue weighted by atomic mass is 35.5. The number of pyridine rings is 1. The Hall–Kier alpha value is -1.52. The molecule has 18 heavy (non-hydrogen) atoms. The second-order valence-electron chi connectivity index (χ2n) is 3.80. The fourth-order valence-electron chi connectivity index (χ4n) is 1.40. The molecule has 0 spiro atoms. The van der Waals surface area contributed by atoms with Crippen LogP contribution in [0.15, 0.2) is 24.4 Å². The van der Waals surface area contributed by atoms with Crippen molar-refractivity contribution in [3.05, 3.63) is 45.8 Å². The molecule has 3 N–H and O–H groups in total. The van der Waals surface area contributed by atoms with Crippen molar-refractivity contribution in [2.75, 3.05) is 11.1 Å². The Morgan fingerprint density at radius 2 is 1.83 bits per heavy atom. The average Bonchev–Trinajstić information content (AvgIpc) is 2.28. The molecular formula is C12H10Cl2FN3. The van der Waals surface area contributed by atoms with Crippen LogP contribution in [0.25, 0.3) is 0 Å². The fourth-order valence-corrected chi connectivity index (χ4v) is 1.95. The lowest BCUT2D eigenvalue weighted by molar-refractivity contribution is 0.628. The van der Waals surface area contributed by atoms with Crippen LogP contribution in [-0.4, -0.2) is 4.98 Å². The van der Waals surface area contributed by atoms with E-state index in [-0.39, 0.29) is 10.0 Å². The first-order valence-corrected chi connectivity index (χ1v) is 5.86. The summed E-state index contributed by atoms with van der Waals surface area (Å²) in [6.07, 6.45) is 1.63. The van der Waals surface area contributed by atoms with Gasteiger partial charge in [0.05, 0.1) is 15.7 Å². The van der Waals surface area contributed by atoms with Crippen LogP contribution in [0.2, 0.25) is 10.0 Å². The third kappa shape index (κ3) is 2.66. The van der Waals surface area contributed by atoms with Gasteiger partial charge >= 0.3 is 0 Å². The number of halogens is 3. The lowest BCUT2D eigenvalue weighted by atomic mass is 10.2. The van der Waals surface area contributed by atoms with Gasteiger partial charge in [0.15, 0.2) is 0 Å². The summed E-state index contributed by atoms with van der Waals surface area (Å²) >= 11 is 11.8. The molecule has 3 nitrogen and oxygen atoms in total. The van der Waals surface area contributed by atoms with Crippen molar-refractivity contribution in [3.63, 3.8) is 0 Å². The predicted molar refractivity (Wildman–Crippen MR) is 73.1 cm³/mol. The largest absolute Gasteiger partial charge is 0.398 e. The number of nitrogens with zero attached hydrogens (tertiary/aromatic N) is 1. The smallest absolute Gasteiger partial charge is 0.132 e. The number of nitrogens with one attached hydrogen (secondary N) is 1. The van der Waals surface area contributed by atoms with Crippen molar-refractivity contribution < 1.29 is 4.39 Å². The van der Waals surface area contributed by atoms with E-state index in [1.165, 1.54) is 12.1 Å². The molecular weight excluding hydrogens is 276 g/mol. The molecule has 0 radical (unpaired) electrons. The van der Waals surface area contributed by atoms with Gasteiger partial charge in [0.25, 0.3) is 0 Å². The van der Waals surface area contributed by atoms with Crippen LogP contribution >= 0.6 is 23.2 Å². The number of hydrogen-bond acceptors (Lipinski definition) is 3. The highest BCUT2D eigenvalue weighted by Crippen LogP contribution is 2.33. The maximum atomic E-state index is 13.0. The molecule has 6 heteroatoms. The van der Waals surface area contributed by atoms with Gasteiger partial charge in [-0.3, -0.25) is 0 Å². The van der Waals surface area contributed by atoms with Crippen LogP contribution in [0.4, 0.5) is 21.6 Å². The van der Waals surface area contributed by atoms with E-state index in [0.717, 1.165) is 5.56 Å². The van der Waals surface area contributed by atoms with E-state index in [2.05, 4.69) is 10.3 Å². The maximum Gasteiger partial charge on any atom is 0.132 e. The Balaban J connectivity index is 2.37. The Morgan fingerprint density at radius 1 is 1.22 bits per heavy atom. The highest BCUT2D eigenvalue weighted by Gasteiger charge is 2.09. The molecule has 0 saturated heterocycles. The Kier molecular flexibility index (Phi) is 3.59. The minimum atomic E-state index is -0.494. The molecule has 2 aromatic rings. The second-order valence-corrected chi connectivity index (χ2v) is 4.61. The van der Waals surface area contributed by atoms with Crippen molar-refractivity contribution >= 4 is 40.4 Å². The molecule has 0 atom stereocenters. The minimum absolute atomic E-state index is 0.181. The first-order chi connectivity index (χ1) is 8.47. The molecule has 0 aliphatic carbocycles. The molecule has 0 unspecified atom stereocenters. The molecule has 0 amide bonds. The molecule has 1 heterocycles. The number of benzene rings is 1. The van der Waals surface area contributed by atoms with Gasteiger partial charge in [-0.2, -0.15) is 0 Å². The van der Waals surface area contributed by atoms with Crippen molar-refractivity contribution in [1.82, 2.24) is 4.98 Å². The van der Waals surface area contributed by atoms with E-state index in [0.29, 0.717) is 17.2 Å². The highest BCUT2D eigenvalue weighted by molar-refractivity contribution is 6.39. The number of aryl methyl sites for hydroxylation is 1. The average molecular weight is 286 g/mol. The van der Waals surface area contributed by atoms with Crippen LogP contribution in [-0.2, 0) is 0 Å². The van der Waals surface area contributed by atoms with Crippen LogP contribution in [0, 0.1) is 12.7 Å². The predicted octanol–water partition coefficient (Wildman–Crippen LogP) is 4.16. The third-order valence-corrected chi connectivity index (χ3v) is 3.00. The first-order valence-electron chi connectivity index (χ1n) is 5.11. The number of nitrogens with two attached hydrogens (primary N) is 1. The van der Waals surface area contributed by atoms with E-state index in [1.54, 1.807) is 12.3 Å². The second kappa shape index (κ2) is 5.00. The summed E-state index contributed by atoms with van der Waals surface area (Å²) < 4.78 is 13.0. The third-order valence-electron chi connectivity index (χ3n) is 2.40. The van der Waals surface area contributed by atoms with Gasteiger partial charge in [0.2, 0.25) is 0 Å². The molecule has 0 fully saturated rings. The number of aromatic nitrogens is 1. The molecule has 1 aromatic heterocycles. The number of nitrogen functional groups attached to an aromatic ring is 1. The normalized spacial score (nSPS) is 10.4. The van der Waals surface area contributed by atoms with Crippen molar-refractivity contribution in [3.8, 4) is 0 Å². The van der Waals surface area contributed by atoms with Crippen molar-refractivity contribution in [2.24, 2.45) is 0 Å². The quantitative estimate of drug-likeness (QED) is 0.871. The van der Waals surface area contributed by atoms with Crippen LogP contribution < -0.4 is 11.1 Å². The molecule has 2 rings (SSSR count). The van der Waals surface area contributed by atoms with E-state index < -0.39 is 5.82 Å². The number of rotatable bonds is 2. The van der Waals surface area contributed by atoms with Gasteiger partial charge in [-0.25, -0.2) is 9.37 Å². The summed E-state index contributed by atoms with van der Waals surface area (Å²) in [6.45, 7) is 1.85. The minimum Gasteiger partial charge on any atom is -0.398 e. The van der Waals surface area contributed by atoms with E-state index in [9.17, 15) is 4.39 Å². The number of anilines is 3. The van der Waals surface area contributed by atoms with Crippen LogP contribution in [0.1, 0.15) is 5.56 Å². The zero-order valence-corrected chi connectivity index (χ0v) is 11.0. The Bertz CT molecular complexity index is 579. The van der Waals surface area contributed by atoms with E-state index in [1.807, 2.05) is 6.92 Å². The monoisotopic (exact) mass is 285 g/mol. The van der Waals surface area contributed by atoms with Crippen molar-refractivity contribution in [1.29, 1.82) is 0 Å². The Labute approximate surface area is 114 Å². The van der Waals surface area contributed by atoms with Gasteiger partial charge in [-0.15, -0.1) is 0 Å². The summed E-state index contributed by atoms with van der Waals surface area (Å²) in [7, 11) is 0. The van der Waals surface area contributed by atoms with E-state index in [4.69, 9.17) is 28.9 Å². The van der Waals surface area contributed by atoms with Crippen LogP contribution in [0.3, 0.4) is 0 Å². The fraction of sp³-hybridized carbons (Fsp3) is 0.0833. The molecule has 1 aromatic carbocycles. The van der Waals surface area contributed by atoms with Gasteiger partial charge in [-0.1, -0.05) is 23.2 Å². The molecule has 0 aliphatic rings. The molecule has 0 aliphatic heterocycles. The van der Waals surface area contributed by atoms with E-state index >= 15 is 0 Å². The van der Waals surface area contributed by atoms with Crippen molar-refractivity contribution in [2.45, 2.75) is 6.92 Å². The zero-order valence-electron chi connectivity index (χ0n) is 9.47. The summed E-state index contributed by atoms with van der Waals surface area (Å²) in [5.74, 6) is 0.000405. The summed E-state index contributed by atoms with van der Waals surface area (Å²) in [5.41, 5.74) is 7.64. The lowest BCUT2D eigenvalue weighted by Gasteiger charge is -2.11. The first kappa shape index (κ1) is 12.9. The maximum absolute atomic E-state index is 13.0. The summed E-state index contributed by atoms with van der Waals surface area (Å²) in [4.78, 5) is 4.14. The zero-order chi connectivity index (χ0) is 13.3.